The predicted octanol–water partition coefficient (Wildman–Crippen LogP) is 6.60. The van der Waals surface area contributed by atoms with Crippen molar-refractivity contribution in [1.29, 1.82) is 5.26 Å². The number of halogens is 4. The number of nitrogens with one attached hydrogen (secondary N) is 3. The minimum absolute atomic E-state index is 0. The molecule has 3 aliphatic heterocycles. The fraction of sp³-hybridized carbons (Fsp3) is 0.439. The van der Waals surface area contributed by atoms with Crippen LogP contribution in [0.15, 0.2) is 54.7 Å². The van der Waals surface area contributed by atoms with E-state index in [0.717, 1.165) is 55.1 Å². The molecule has 2 atom stereocenters. The number of alkyl halides is 3. The molecule has 3 aliphatic rings. The molecule has 314 valence electrons. The number of pyridine rings is 1. The van der Waals surface area contributed by atoms with Gasteiger partial charge in [-0.25, -0.2) is 4.98 Å². The van der Waals surface area contributed by atoms with Gasteiger partial charge in [-0.1, -0.05) is 13.0 Å². The molecule has 0 aliphatic carbocycles. The lowest BCUT2D eigenvalue weighted by atomic mass is 9.93. The molecule has 3 aromatic rings. The lowest BCUT2D eigenvalue weighted by molar-refractivity contribution is -0.138. The van der Waals surface area contributed by atoms with E-state index in [-0.39, 0.29) is 53.4 Å². The number of nitriles is 1. The average molecular weight is 855 g/mol. The summed E-state index contributed by atoms with van der Waals surface area (Å²) >= 11 is 5.69. The van der Waals surface area contributed by atoms with Crippen LogP contribution in [0.3, 0.4) is 0 Å². The third kappa shape index (κ3) is 9.77. The predicted molar refractivity (Wildman–Crippen MR) is 222 cm³/mol. The normalized spacial score (nSPS) is 19.1. The second-order valence-corrected chi connectivity index (χ2v) is 15.5. The Hall–Kier alpha value is -5.31. The van der Waals surface area contributed by atoms with Crippen LogP contribution in [0.5, 0.6) is 5.75 Å². The van der Waals surface area contributed by atoms with Crippen LogP contribution in [0.2, 0.25) is 0 Å². The van der Waals surface area contributed by atoms with Crippen LogP contribution in [-0.4, -0.2) is 75.9 Å². The highest BCUT2D eigenvalue weighted by Crippen LogP contribution is 2.40. The third-order valence-electron chi connectivity index (χ3n) is 11.0. The Bertz CT molecular complexity index is 2160. The van der Waals surface area contributed by atoms with Crippen LogP contribution < -0.4 is 30.5 Å². The molecule has 13 nitrogen and oxygen atoms in total. The lowest BCUT2D eigenvalue weighted by Gasteiger charge is -2.35. The van der Waals surface area contributed by atoms with Gasteiger partial charge in [-0.05, 0) is 132 Å². The number of rotatable bonds is 12. The zero-order valence-corrected chi connectivity index (χ0v) is 34.7. The summed E-state index contributed by atoms with van der Waals surface area (Å²) < 4.78 is 47.5. The Morgan fingerprint density at radius 3 is 2.46 bits per heavy atom. The number of thiocarbonyl (C=S) groups is 1. The molecule has 6 rings (SSSR count). The molecule has 0 saturated carbocycles. The minimum Gasteiger partial charge on any atom is -0.493 e. The molecule has 4 heterocycles. The van der Waals surface area contributed by atoms with Crippen LogP contribution in [0.4, 0.5) is 35.9 Å². The number of ether oxygens (including phenoxy) is 1. The maximum absolute atomic E-state index is 13.7. The van der Waals surface area contributed by atoms with Gasteiger partial charge in [0.2, 0.25) is 17.7 Å². The maximum atomic E-state index is 13.7. The largest absolute Gasteiger partial charge is 0.493 e. The molecular formula is C41H46ClF3N8O5S. The van der Waals surface area contributed by atoms with Crippen molar-refractivity contribution in [3.63, 3.8) is 0 Å². The van der Waals surface area contributed by atoms with E-state index in [9.17, 15) is 37.6 Å². The topological polar surface area (TPSA) is 160 Å². The molecule has 3 N–H and O–H groups in total. The number of carbonyl (C=O) groups is 4. The summed E-state index contributed by atoms with van der Waals surface area (Å²) in [6.45, 7) is 9.12. The van der Waals surface area contributed by atoms with Crippen molar-refractivity contribution < 1.29 is 37.1 Å². The van der Waals surface area contributed by atoms with Crippen LogP contribution >= 0.6 is 24.6 Å². The number of imide groups is 1. The number of hydrogen-bond donors (Lipinski definition) is 3. The van der Waals surface area contributed by atoms with E-state index in [1.54, 1.807) is 49.1 Å². The summed E-state index contributed by atoms with van der Waals surface area (Å²) in [5, 5.41) is 17.6. The van der Waals surface area contributed by atoms with Crippen molar-refractivity contribution in [1.82, 2.24) is 15.2 Å². The standard InChI is InChI=1S/C41H45F3N8O5S.ClH/c1-5-26-19-29(52-39(58)51(38(56)40(52,3)4)30-21-31(41(42,43)44)33(22-45)46-23-30)9-11-34(26)57-18-15-25-13-16-50(17-14-25)24(2)36(54)48-28-8-6-7-27(20-28)47-32-10-12-35(53)49-37(32)55;/h6-9,11,19-21,23-25,32,47H,5,10,12-18H2,1-4H3,(H,48,54)(H,49,53,55);1H. The van der Waals surface area contributed by atoms with Gasteiger partial charge < -0.3 is 20.3 Å². The van der Waals surface area contributed by atoms with E-state index in [4.69, 9.17) is 17.0 Å². The molecule has 2 aromatic carbocycles. The average Bonchev–Trinajstić information content (AvgIpc) is 3.37. The van der Waals surface area contributed by atoms with Gasteiger partial charge in [0, 0.05) is 23.5 Å². The first-order valence-electron chi connectivity index (χ1n) is 19.2. The Labute approximate surface area is 352 Å². The molecule has 0 radical (unpaired) electrons. The number of aromatic nitrogens is 1. The van der Waals surface area contributed by atoms with Crippen LogP contribution in [-0.2, 0) is 31.8 Å². The van der Waals surface area contributed by atoms with Crippen molar-refractivity contribution in [2.45, 2.75) is 90.0 Å². The van der Waals surface area contributed by atoms with Crippen LogP contribution in [0.25, 0.3) is 0 Å². The zero-order chi connectivity index (χ0) is 41.9. The highest BCUT2D eigenvalue weighted by atomic mass is 35.5. The Morgan fingerprint density at radius 2 is 1.80 bits per heavy atom. The lowest BCUT2D eigenvalue weighted by Crippen LogP contribution is -2.47. The summed E-state index contributed by atoms with van der Waals surface area (Å²) in [4.78, 5) is 59.0. The van der Waals surface area contributed by atoms with Crippen molar-refractivity contribution in [3.05, 3.63) is 71.5 Å². The first-order chi connectivity index (χ1) is 27.5. The Kier molecular flexibility index (Phi) is 13.9. The van der Waals surface area contributed by atoms with Gasteiger partial charge in [0.1, 0.15) is 23.4 Å². The van der Waals surface area contributed by atoms with Crippen molar-refractivity contribution >= 4 is 76.1 Å². The summed E-state index contributed by atoms with van der Waals surface area (Å²) in [5.41, 5.74) is -0.752. The van der Waals surface area contributed by atoms with Crippen LogP contribution in [0, 0.1) is 17.2 Å². The molecular weight excluding hydrogens is 809 g/mol. The van der Waals surface area contributed by atoms with E-state index >= 15 is 0 Å². The highest BCUT2D eigenvalue weighted by Gasteiger charge is 2.51. The van der Waals surface area contributed by atoms with Gasteiger partial charge in [0.15, 0.2) is 10.8 Å². The highest BCUT2D eigenvalue weighted by molar-refractivity contribution is 7.81. The Balaban J connectivity index is 0.00000661. The molecule has 4 amide bonds. The summed E-state index contributed by atoms with van der Waals surface area (Å²) in [6, 6.07) is 13.9. The van der Waals surface area contributed by atoms with Gasteiger partial charge in [-0.15, -0.1) is 12.4 Å². The monoisotopic (exact) mass is 854 g/mol. The molecule has 2 unspecified atom stereocenters. The van der Waals surface area contributed by atoms with Crippen molar-refractivity contribution in [3.8, 4) is 11.8 Å². The number of benzene rings is 2. The van der Waals surface area contributed by atoms with Gasteiger partial charge in [0.05, 0.1) is 30.1 Å². The number of amides is 4. The molecule has 3 saturated heterocycles. The molecule has 0 bridgehead atoms. The van der Waals surface area contributed by atoms with E-state index in [1.807, 2.05) is 26.0 Å². The maximum Gasteiger partial charge on any atom is 0.419 e. The van der Waals surface area contributed by atoms with Gasteiger partial charge in [-0.2, -0.15) is 18.4 Å². The number of hydrogen-bond acceptors (Lipinski definition) is 10. The first kappa shape index (κ1) is 44.8. The third-order valence-corrected chi connectivity index (χ3v) is 11.3. The number of carbonyl (C=O) groups excluding carboxylic acids is 4. The molecule has 3 fully saturated rings. The summed E-state index contributed by atoms with van der Waals surface area (Å²) in [7, 11) is 0. The van der Waals surface area contributed by atoms with E-state index in [1.165, 1.54) is 6.07 Å². The van der Waals surface area contributed by atoms with Crippen molar-refractivity contribution in [2.24, 2.45) is 5.92 Å². The summed E-state index contributed by atoms with van der Waals surface area (Å²) in [5.74, 6) is -0.234. The van der Waals surface area contributed by atoms with E-state index < -0.39 is 34.9 Å². The minimum atomic E-state index is -4.86. The fourth-order valence-electron chi connectivity index (χ4n) is 7.56. The van der Waals surface area contributed by atoms with Gasteiger partial charge in [-0.3, -0.25) is 34.3 Å². The molecule has 1 aromatic heterocycles. The fourth-order valence-corrected chi connectivity index (χ4v) is 8.08. The Morgan fingerprint density at radius 1 is 1.08 bits per heavy atom. The smallest absolute Gasteiger partial charge is 0.419 e. The second-order valence-electron chi connectivity index (χ2n) is 15.2. The number of piperidine rings is 2. The molecule has 59 heavy (non-hydrogen) atoms. The number of aryl methyl sites for hydroxylation is 1. The number of nitrogens with zero attached hydrogens (tertiary/aromatic N) is 5. The first-order valence-corrected chi connectivity index (χ1v) is 19.6. The SMILES string of the molecule is CCc1cc(N2C(=S)N(c3cnc(C#N)c(C(F)(F)F)c3)C(=O)C2(C)C)ccc1OCCC1CCN(C(C)C(=O)Nc2cccc(NC3CCC(=O)NC3=O)c2)CC1.Cl. The second kappa shape index (κ2) is 18.3. The zero-order valence-electron chi connectivity index (χ0n) is 33.0. The van der Waals surface area contributed by atoms with Gasteiger partial charge >= 0.3 is 6.18 Å². The quantitative estimate of drug-likeness (QED) is 0.133. The van der Waals surface area contributed by atoms with Crippen LogP contribution in [0.1, 0.15) is 76.6 Å². The molecule has 18 heteroatoms. The number of anilines is 4. The van der Waals surface area contributed by atoms with E-state index in [2.05, 4.69) is 25.8 Å². The number of likely N-dealkylation sites (tertiary alicyclic amines) is 1. The molecule has 0 spiro atoms. The van der Waals surface area contributed by atoms with E-state index in [0.29, 0.717) is 48.2 Å². The summed E-state index contributed by atoms with van der Waals surface area (Å²) in [6.07, 6.45) is 0.0740. The van der Waals surface area contributed by atoms with Gasteiger partial charge in [0.25, 0.3) is 5.91 Å². The van der Waals surface area contributed by atoms with Crippen molar-refractivity contribution in [2.75, 3.05) is 40.1 Å².